The van der Waals surface area contributed by atoms with E-state index in [1.165, 1.54) is 0 Å². The van der Waals surface area contributed by atoms with Crippen molar-refractivity contribution in [2.75, 3.05) is 0 Å². The second kappa shape index (κ2) is 3.35. The van der Waals surface area contributed by atoms with E-state index in [1.807, 2.05) is 26.8 Å². The van der Waals surface area contributed by atoms with E-state index in [0.29, 0.717) is 5.69 Å². The fourth-order valence-electron chi connectivity index (χ4n) is 1.14. The summed E-state index contributed by atoms with van der Waals surface area (Å²) >= 11 is 0. The van der Waals surface area contributed by atoms with Gasteiger partial charge in [-0.05, 0) is 20.3 Å². The molecule has 1 rings (SSSR count). The first-order valence-electron chi connectivity index (χ1n) is 4.04. The Balaban J connectivity index is 3.16. The molecular formula is C8H12N4. The number of aromatic nitrogens is 3. The van der Waals surface area contributed by atoms with E-state index in [4.69, 9.17) is 5.26 Å². The van der Waals surface area contributed by atoms with Crippen molar-refractivity contribution in [2.24, 2.45) is 0 Å². The Labute approximate surface area is 71.8 Å². The summed E-state index contributed by atoms with van der Waals surface area (Å²) in [4.78, 5) is 0. The highest BCUT2D eigenvalue weighted by molar-refractivity contribution is 5.24. The molecule has 0 unspecified atom stereocenters. The van der Waals surface area contributed by atoms with Gasteiger partial charge in [0.1, 0.15) is 6.07 Å². The van der Waals surface area contributed by atoms with Crippen LogP contribution in [0.2, 0.25) is 0 Å². The summed E-state index contributed by atoms with van der Waals surface area (Å²) in [5.41, 5.74) is 1.37. The summed E-state index contributed by atoms with van der Waals surface area (Å²) in [7, 11) is 0. The Morgan fingerprint density at radius 2 is 2.25 bits per heavy atom. The Morgan fingerprint density at radius 1 is 1.58 bits per heavy atom. The highest BCUT2D eigenvalue weighted by Gasteiger charge is 2.11. The van der Waals surface area contributed by atoms with Crippen LogP contribution < -0.4 is 0 Å². The molecule has 0 bridgehead atoms. The Bertz CT molecular complexity index is 305. The number of rotatable bonds is 2. The Morgan fingerprint density at radius 3 is 2.67 bits per heavy atom. The first-order chi connectivity index (χ1) is 5.70. The molecule has 1 aromatic heterocycles. The third-order valence-corrected chi connectivity index (χ3v) is 1.72. The molecule has 0 radical (unpaired) electrons. The van der Waals surface area contributed by atoms with Crippen LogP contribution in [0.3, 0.4) is 0 Å². The van der Waals surface area contributed by atoms with Gasteiger partial charge >= 0.3 is 0 Å². The summed E-state index contributed by atoms with van der Waals surface area (Å²) < 4.78 is 1.79. The molecule has 1 heterocycles. The zero-order chi connectivity index (χ0) is 9.14. The molecule has 0 N–H and O–H groups in total. The molecule has 0 aliphatic carbocycles. The SMILES string of the molecule is CCc1c(C#N)nnn1C(C)C. The summed E-state index contributed by atoms with van der Waals surface area (Å²) in [6, 6.07) is 2.30. The quantitative estimate of drug-likeness (QED) is 0.661. The molecule has 0 saturated carbocycles. The maximum atomic E-state index is 8.68. The average Bonchev–Trinajstić information content (AvgIpc) is 2.46. The second-order valence-electron chi connectivity index (χ2n) is 2.89. The Kier molecular flexibility index (Phi) is 2.44. The molecule has 0 saturated heterocycles. The topological polar surface area (TPSA) is 54.5 Å². The summed E-state index contributed by atoms with van der Waals surface area (Å²) in [6.07, 6.45) is 0.800. The molecule has 4 heteroatoms. The van der Waals surface area contributed by atoms with Crippen LogP contribution >= 0.6 is 0 Å². The molecule has 0 fully saturated rings. The van der Waals surface area contributed by atoms with Gasteiger partial charge < -0.3 is 0 Å². The zero-order valence-corrected chi connectivity index (χ0v) is 7.57. The zero-order valence-electron chi connectivity index (χ0n) is 7.57. The first kappa shape index (κ1) is 8.72. The minimum absolute atomic E-state index is 0.273. The molecule has 0 spiro atoms. The van der Waals surface area contributed by atoms with Crippen LogP contribution in [0.4, 0.5) is 0 Å². The number of nitriles is 1. The second-order valence-corrected chi connectivity index (χ2v) is 2.89. The highest BCUT2D eigenvalue weighted by Crippen LogP contribution is 2.10. The van der Waals surface area contributed by atoms with Crippen molar-refractivity contribution in [3.8, 4) is 6.07 Å². The molecule has 0 aliphatic heterocycles. The monoisotopic (exact) mass is 164 g/mol. The third-order valence-electron chi connectivity index (χ3n) is 1.72. The number of hydrogen-bond acceptors (Lipinski definition) is 3. The molecule has 0 aromatic carbocycles. The van der Waals surface area contributed by atoms with Gasteiger partial charge in [-0.15, -0.1) is 5.10 Å². The fourth-order valence-corrected chi connectivity index (χ4v) is 1.14. The first-order valence-corrected chi connectivity index (χ1v) is 4.04. The van der Waals surface area contributed by atoms with Crippen molar-refractivity contribution in [3.63, 3.8) is 0 Å². The van der Waals surface area contributed by atoms with Gasteiger partial charge in [0, 0.05) is 6.04 Å². The normalized spacial score (nSPS) is 10.2. The molecule has 64 valence electrons. The van der Waals surface area contributed by atoms with E-state index >= 15 is 0 Å². The van der Waals surface area contributed by atoms with Gasteiger partial charge in [-0.2, -0.15) is 5.26 Å². The lowest BCUT2D eigenvalue weighted by Gasteiger charge is -2.06. The van der Waals surface area contributed by atoms with Gasteiger partial charge in [0.25, 0.3) is 0 Å². The minimum Gasteiger partial charge on any atom is -0.246 e. The lowest BCUT2D eigenvalue weighted by Crippen LogP contribution is -2.07. The van der Waals surface area contributed by atoms with Crippen molar-refractivity contribution in [1.29, 1.82) is 5.26 Å². The van der Waals surface area contributed by atoms with Crippen LogP contribution in [0.5, 0.6) is 0 Å². The lowest BCUT2D eigenvalue weighted by molar-refractivity contribution is 0.496. The molecule has 0 atom stereocenters. The van der Waals surface area contributed by atoms with Crippen molar-refractivity contribution < 1.29 is 0 Å². The lowest BCUT2D eigenvalue weighted by atomic mass is 10.2. The molecule has 12 heavy (non-hydrogen) atoms. The van der Waals surface area contributed by atoms with E-state index in [2.05, 4.69) is 10.3 Å². The fraction of sp³-hybridized carbons (Fsp3) is 0.625. The summed E-state index contributed by atoms with van der Waals surface area (Å²) in [5, 5.41) is 16.4. The number of nitrogens with zero attached hydrogens (tertiary/aromatic N) is 4. The van der Waals surface area contributed by atoms with Crippen molar-refractivity contribution in [3.05, 3.63) is 11.4 Å². The minimum atomic E-state index is 0.273. The van der Waals surface area contributed by atoms with Gasteiger partial charge in [-0.1, -0.05) is 12.1 Å². The van der Waals surface area contributed by atoms with E-state index in [0.717, 1.165) is 12.1 Å². The predicted molar refractivity (Wildman–Crippen MR) is 44.5 cm³/mol. The van der Waals surface area contributed by atoms with Crippen LogP contribution in [0, 0.1) is 11.3 Å². The third kappa shape index (κ3) is 1.30. The van der Waals surface area contributed by atoms with Gasteiger partial charge in [0.05, 0.1) is 5.69 Å². The standard InChI is InChI=1S/C8H12N4/c1-4-8-7(5-9)10-11-12(8)6(2)3/h6H,4H2,1-3H3. The molecule has 4 nitrogen and oxygen atoms in total. The van der Waals surface area contributed by atoms with Crippen molar-refractivity contribution >= 4 is 0 Å². The van der Waals surface area contributed by atoms with Crippen LogP contribution in [0.1, 0.15) is 38.2 Å². The van der Waals surface area contributed by atoms with Crippen LogP contribution in [0.25, 0.3) is 0 Å². The van der Waals surface area contributed by atoms with Gasteiger partial charge in [0.15, 0.2) is 5.69 Å². The maximum Gasteiger partial charge on any atom is 0.185 e. The van der Waals surface area contributed by atoms with Gasteiger partial charge in [0.2, 0.25) is 0 Å². The molecule has 0 amide bonds. The smallest absolute Gasteiger partial charge is 0.185 e. The maximum absolute atomic E-state index is 8.68. The largest absolute Gasteiger partial charge is 0.246 e. The van der Waals surface area contributed by atoms with Gasteiger partial charge in [-0.3, -0.25) is 0 Å². The van der Waals surface area contributed by atoms with E-state index < -0.39 is 0 Å². The Hall–Kier alpha value is -1.37. The van der Waals surface area contributed by atoms with Crippen LogP contribution in [-0.2, 0) is 6.42 Å². The predicted octanol–water partition coefficient (Wildman–Crippen LogP) is 1.29. The number of hydrogen-bond donors (Lipinski definition) is 0. The molecular weight excluding hydrogens is 152 g/mol. The average molecular weight is 164 g/mol. The van der Waals surface area contributed by atoms with Gasteiger partial charge in [-0.25, -0.2) is 4.68 Å². The van der Waals surface area contributed by atoms with E-state index in [9.17, 15) is 0 Å². The van der Waals surface area contributed by atoms with Crippen molar-refractivity contribution in [1.82, 2.24) is 15.0 Å². The highest BCUT2D eigenvalue weighted by atomic mass is 15.4. The van der Waals surface area contributed by atoms with E-state index in [-0.39, 0.29) is 6.04 Å². The van der Waals surface area contributed by atoms with Crippen molar-refractivity contribution in [2.45, 2.75) is 33.2 Å². The van der Waals surface area contributed by atoms with Crippen LogP contribution in [-0.4, -0.2) is 15.0 Å². The molecule has 1 aromatic rings. The summed E-state index contributed by atoms with van der Waals surface area (Å²) in [5.74, 6) is 0. The van der Waals surface area contributed by atoms with E-state index in [1.54, 1.807) is 4.68 Å². The summed E-state index contributed by atoms with van der Waals surface area (Å²) in [6.45, 7) is 6.04. The molecule has 0 aliphatic rings. The van der Waals surface area contributed by atoms with Crippen LogP contribution in [0.15, 0.2) is 0 Å².